The Kier molecular flexibility index (Phi) is 3.66. The molecule has 0 aromatic carbocycles. The van der Waals surface area contributed by atoms with Crippen molar-refractivity contribution < 1.29 is 8.42 Å². The van der Waals surface area contributed by atoms with Gasteiger partial charge in [-0.25, -0.2) is 8.42 Å². The maximum Gasteiger partial charge on any atom is 0.252 e. The van der Waals surface area contributed by atoms with Crippen LogP contribution in [0.15, 0.2) is 27.9 Å². The van der Waals surface area contributed by atoms with Crippen LogP contribution in [0.25, 0.3) is 0 Å². The van der Waals surface area contributed by atoms with Gasteiger partial charge < -0.3 is 0 Å². The van der Waals surface area contributed by atoms with Crippen LogP contribution in [0.5, 0.6) is 0 Å². The van der Waals surface area contributed by atoms with Gasteiger partial charge in [0.05, 0.1) is 6.20 Å². The van der Waals surface area contributed by atoms with Crippen LogP contribution in [0.4, 0.5) is 0 Å². The summed E-state index contributed by atoms with van der Waals surface area (Å²) in [6.45, 7) is 3.14. The van der Waals surface area contributed by atoms with E-state index in [0.29, 0.717) is 17.3 Å². The highest BCUT2D eigenvalue weighted by molar-refractivity contribution is 7.91. The van der Waals surface area contributed by atoms with Crippen LogP contribution in [-0.2, 0) is 10.0 Å². The first kappa shape index (κ1) is 13.8. The monoisotopic (exact) mass is 311 g/mol. The van der Waals surface area contributed by atoms with Gasteiger partial charge in [-0.3, -0.25) is 5.10 Å². The normalized spacial score (nSPS) is 21.1. The summed E-state index contributed by atoms with van der Waals surface area (Å²) in [5.41, 5.74) is 2.17. The van der Waals surface area contributed by atoms with Crippen molar-refractivity contribution >= 4 is 21.4 Å². The van der Waals surface area contributed by atoms with E-state index < -0.39 is 10.0 Å². The first-order valence-electron chi connectivity index (χ1n) is 6.62. The van der Waals surface area contributed by atoms with Gasteiger partial charge in [-0.1, -0.05) is 6.07 Å². The summed E-state index contributed by atoms with van der Waals surface area (Å²) >= 11 is 1.28. The summed E-state index contributed by atoms with van der Waals surface area (Å²) in [5.74, 6) is 0.209. The number of aryl methyl sites for hydroxylation is 1. The number of aromatic nitrogens is 2. The van der Waals surface area contributed by atoms with Crippen molar-refractivity contribution in [3.8, 4) is 0 Å². The molecule has 1 N–H and O–H groups in total. The molecule has 1 aliphatic rings. The topological polar surface area (TPSA) is 66.1 Å². The number of thiophene rings is 1. The number of sulfonamides is 1. The predicted octanol–water partition coefficient (Wildman–Crippen LogP) is 2.35. The molecule has 0 spiro atoms. The Labute approximate surface area is 122 Å². The lowest BCUT2D eigenvalue weighted by Crippen LogP contribution is -2.39. The van der Waals surface area contributed by atoms with Crippen LogP contribution < -0.4 is 0 Å². The molecule has 7 heteroatoms. The molecule has 0 amide bonds. The maximum atomic E-state index is 12.6. The lowest BCUT2D eigenvalue weighted by atomic mass is 9.94. The van der Waals surface area contributed by atoms with Crippen LogP contribution in [0.3, 0.4) is 0 Å². The van der Waals surface area contributed by atoms with E-state index in [2.05, 4.69) is 10.2 Å². The van der Waals surface area contributed by atoms with Crippen molar-refractivity contribution in [2.45, 2.75) is 29.9 Å². The number of nitrogens with zero attached hydrogens (tertiary/aromatic N) is 2. The maximum absolute atomic E-state index is 12.6. The molecular formula is C13H17N3O2S2. The minimum atomic E-state index is -3.34. The van der Waals surface area contributed by atoms with Gasteiger partial charge in [0.1, 0.15) is 4.21 Å². The molecule has 108 valence electrons. The van der Waals surface area contributed by atoms with Gasteiger partial charge in [0.2, 0.25) is 0 Å². The minimum absolute atomic E-state index is 0.209. The van der Waals surface area contributed by atoms with E-state index in [1.165, 1.54) is 11.3 Å². The van der Waals surface area contributed by atoms with Gasteiger partial charge in [-0.15, -0.1) is 11.3 Å². The minimum Gasteiger partial charge on any atom is -0.282 e. The molecule has 1 aliphatic heterocycles. The van der Waals surface area contributed by atoms with E-state index >= 15 is 0 Å². The zero-order valence-corrected chi connectivity index (χ0v) is 12.9. The zero-order valence-electron chi connectivity index (χ0n) is 11.2. The second-order valence-electron chi connectivity index (χ2n) is 5.10. The van der Waals surface area contributed by atoms with Gasteiger partial charge in [0.15, 0.2) is 0 Å². The number of hydrogen-bond acceptors (Lipinski definition) is 4. The number of rotatable bonds is 3. The number of piperidine rings is 1. The van der Waals surface area contributed by atoms with E-state index in [4.69, 9.17) is 0 Å². The van der Waals surface area contributed by atoms with Crippen molar-refractivity contribution in [3.05, 3.63) is 35.0 Å². The van der Waals surface area contributed by atoms with Crippen molar-refractivity contribution in [2.75, 3.05) is 13.1 Å². The molecule has 5 nitrogen and oxygen atoms in total. The van der Waals surface area contributed by atoms with Crippen LogP contribution in [0, 0.1) is 6.92 Å². The third-order valence-electron chi connectivity index (χ3n) is 3.75. The van der Waals surface area contributed by atoms with E-state index in [9.17, 15) is 8.42 Å². The molecule has 1 atom stereocenters. The average Bonchev–Trinajstić information content (AvgIpc) is 3.10. The molecule has 3 rings (SSSR count). The second kappa shape index (κ2) is 5.31. The third-order valence-corrected chi connectivity index (χ3v) is 6.99. The summed E-state index contributed by atoms with van der Waals surface area (Å²) in [5, 5.41) is 8.86. The van der Waals surface area contributed by atoms with Gasteiger partial charge in [-0.05, 0) is 36.8 Å². The molecule has 0 aliphatic carbocycles. The standard InChI is InChI=1S/C13H17N3O2S2/c1-10-8-14-15-13(10)11-4-2-6-16(9-11)20(17,18)12-5-3-7-19-12/h3,5,7-8,11H,2,4,6,9H2,1H3,(H,14,15). The Balaban J connectivity index is 1.84. The highest BCUT2D eigenvalue weighted by atomic mass is 32.2. The summed E-state index contributed by atoms with van der Waals surface area (Å²) < 4.78 is 27.2. The summed E-state index contributed by atoms with van der Waals surface area (Å²) in [7, 11) is -3.34. The first-order valence-corrected chi connectivity index (χ1v) is 8.94. The van der Waals surface area contributed by atoms with Gasteiger partial charge in [0.25, 0.3) is 10.0 Å². The molecule has 20 heavy (non-hydrogen) atoms. The van der Waals surface area contributed by atoms with E-state index in [1.807, 2.05) is 6.92 Å². The van der Waals surface area contributed by atoms with Crippen LogP contribution in [0.2, 0.25) is 0 Å². The molecule has 3 heterocycles. The highest BCUT2D eigenvalue weighted by Crippen LogP contribution is 2.31. The largest absolute Gasteiger partial charge is 0.282 e. The molecule has 0 bridgehead atoms. The molecule has 1 saturated heterocycles. The van der Waals surface area contributed by atoms with Gasteiger partial charge >= 0.3 is 0 Å². The lowest BCUT2D eigenvalue weighted by Gasteiger charge is -2.31. The quantitative estimate of drug-likeness (QED) is 0.946. The van der Waals surface area contributed by atoms with Crippen molar-refractivity contribution in [2.24, 2.45) is 0 Å². The molecule has 1 unspecified atom stereocenters. The fourth-order valence-electron chi connectivity index (χ4n) is 2.70. The molecular weight excluding hydrogens is 294 g/mol. The molecule has 2 aromatic heterocycles. The predicted molar refractivity (Wildman–Crippen MR) is 78.4 cm³/mol. The van der Waals surface area contributed by atoms with Crippen molar-refractivity contribution in [1.29, 1.82) is 0 Å². The second-order valence-corrected chi connectivity index (χ2v) is 8.21. The van der Waals surface area contributed by atoms with Crippen molar-refractivity contribution in [1.82, 2.24) is 14.5 Å². The SMILES string of the molecule is Cc1cn[nH]c1C1CCCN(S(=O)(=O)c2cccs2)C1. The number of H-pyrrole nitrogens is 1. The molecule has 1 fully saturated rings. The van der Waals surface area contributed by atoms with E-state index in [-0.39, 0.29) is 5.92 Å². The van der Waals surface area contributed by atoms with E-state index in [0.717, 1.165) is 24.1 Å². The van der Waals surface area contributed by atoms with Crippen LogP contribution in [-0.4, -0.2) is 36.0 Å². The van der Waals surface area contributed by atoms with Crippen LogP contribution in [0.1, 0.15) is 30.0 Å². The summed E-state index contributed by atoms with van der Waals surface area (Å²) in [6, 6.07) is 3.45. The highest BCUT2D eigenvalue weighted by Gasteiger charge is 2.32. The third kappa shape index (κ3) is 2.41. The molecule has 0 radical (unpaired) electrons. The number of aromatic amines is 1. The van der Waals surface area contributed by atoms with Gasteiger partial charge in [-0.2, -0.15) is 9.40 Å². The Morgan fingerprint density at radius 3 is 3.00 bits per heavy atom. The molecule has 0 saturated carbocycles. The average molecular weight is 311 g/mol. The summed E-state index contributed by atoms with van der Waals surface area (Å²) in [6.07, 6.45) is 3.68. The van der Waals surface area contributed by atoms with Gasteiger partial charge in [0, 0.05) is 24.7 Å². The van der Waals surface area contributed by atoms with E-state index in [1.54, 1.807) is 28.0 Å². The van der Waals surface area contributed by atoms with Crippen LogP contribution >= 0.6 is 11.3 Å². The Hall–Kier alpha value is -1.18. The molecule has 2 aromatic rings. The lowest BCUT2D eigenvalue weighted by molar-refractivity contribution is 0.312. The number of nitrogens with one attached hydrogen (secondary N) is 1. The summed E-state index contributed by atoms with van der Waals surface area (Å²) in [4.78, 5) is 0. The Morgan fingerprint density at radius 1 is 1.50 bits per heavy atom. The Bertz CT molecular complexity index is 676. The Morgan fingerprint density at radius 2 is 2.35 bits per heavy atom. The first-order chi connectivity index (χ1) is 9.59. The van der Waals surface area contributed by atoms with Crippen molar-refractivity contribution in [3.63, 3.8) is 0 Å². The smallest absolute Gasteiger partial charge is 0.252 e. The zero-order chi connectivity index (χ0) is 14.2. The number of hydrogen-bond donors (Lipinski definition) is 1. The fraction of sp³-hybridized carbons (Fsp3) is 0.462. The fourth-order valence-corrected chi connectivity index (χ4v) is 5.37.